The van der Waals surface area contributed by atoms with Gasteiger partial charge in [-0.25, -0.2) is 9.36 Å². The van der Waals surface area contributed by atoms with Gasteiger partial charge in [0, 0.05) is 23.1 Å². The fourth-order valence-electron chi connectivity index (χ4n) is 3.90. The normalized spacial score (nSPS) is 21.2. The minimum Gasteiger partial charge on any atom is -0.468 e. The SMILES string of the molecule is CCCc1ccc(OP(=O)(NC(C)C(=O)OC)OC[C@H]2O[C@@H](n3cc(C)c(=O)[nH]c3=O)C[C@@H]2N=[N+]=[N-])cc1. The van der Waals surface area contributed by atoms with Gasteiger partial charge in [-0.3, -0.25) is 23.7 Å². The van der Waals surface area contributed by atoms with Crippen LogP contribution >= 0.6 is 7.75 Å². The second-order valence-electron chi connectivity index (χ2n) is 8.77. The number of nitrogens with zero attached hydrogens (tertiary/aromatic N) is 4. The fraction of sp³-hybridized carbons (Fsp3) is 0.522. The Balaban J connectivity index is 1.81. The van der Waals surface area contributed by atoms with Crippen molar-refractivity contribution >= 4 is 13.7 Å². The van der Waals surface area contributed by atoms with Crippen LogP contribution in [-0.2, 0) is 29.8 Å². The van der Waals surface area contributed by atoms with Crippen molar-refractivity contribution in [2.45, 2.75) is 64.4 Å². The predicted octanol–water partition coefficient (Wildman–Crippen LogP) is 3.12. The van der Waals surface area contributed by atoms with Gasteiger partial charge in [0.25, 0.3) is 5.56 Å². The molecular weight excluding hydrogens is 519 g/mol. The van der Waals surface area contributed by atoms with E-state index in [1.807, 2.05) is 12.1 Å². The molecule has 0 aliphatic carbocycles. The van der Waals surface area contributed by atoms with E-state index in [-0.39, 0.29) is 24.3 Å². The highest BCUT2D eigenvalue weighted by atomic mass is 31.2. The number of aromatic nitrogens is 2. The molecule has 1 aromatic carbocycles. The summed E-state index contributed by atoms with van der Waals surface area (Å²) in [5.74, 6) is -0.447. The summed E-state index contributed by atoms with van der Waals surface area (Å²) >= 11 is 0. The van der Waals surface area contributed by atoms with Gasteiger partial charge in [0.2, 0.25) is 0 Å². The van der Waals surface area contributed by atoms with Crippen LogP contribution in [0.4, 0.5) is 0 Å². The van der Waals surface area contributed by atoms with E-state index in [0.29, 0.717) is 0 Å². The average molecular weight is 551 g/mol. The number of esters is 1. The molecule has 2 heterocycles. The highest BCUT2D eigenvalue weighted by Crippen LogP contribution is 2.46. The first-order valence-corrected chi connectivity index (χ1v) is 13.5. The summed E-state index contributed by atoms with van der Waals surface area (Å²) in [6, 6.07) is 5.11. The molecule has 1 aliphatic heterocycles. The average Bonchev–Trinajstić information content (AvgIpc) is 3.28. The Bertz CT molecular complexity index is 1340. The van der Waals surface area contributed by atoms with Gasteiger partial charge in [-0.15, -0.1) is 0 Å². The van der Waals surface area contributed by atoms with Crippen molar-refractivity contribution in [1.82, 2.24) is 14.6 Å². The zero-order valence-electron chi connectivity index (χ0n) is 21.5. The lowest BCUT2D eigenvalue weighted by atomic mass is 10.1. The van der Waals surface area contributed by atoms with E-state index < -0.39 is 49.4 Å². The largest absolute Gasteiger partial charge is 0.468 e. The number of hydrogen-bond acceptors (Lipinski definition) is 9. The highest BCUT2D eigenvalue weighted by molar-refractivity contribution is 7.52. The fourth-order valence-corrected chi connectivity index (χ4v) is 5.40. The Labute approximate surface area is 218 Å². The molecule has 2 aromatic rings. The summed E-state index contributed by atoms with van der Waals surface area (Å²) in [5, 5.41) is 6.28. The minimum atomic E-state index is -4.19. The summed E-state index contributed by atoms with van der Waals surface area (Å²) < 4.78 is 36.8. The molecule has 2 N–H and O–H groups in total. The molecule has 15 heteroatoms. The third kappa shape index (κ3) is 7.33. The Hall–Kier alpha value is -3.41. The molecule has 5 atom stereocenters. The molecular formula is C23H31N6O8P. The third-order valence-corrected chi connectivity index (χ3v) is 7.51. The van der Waals surface area contributed by atoms with Crippen molar-refractivity contribution in [3.8, 4) is 5.75 Å². The molecule has 1 fully saturated rings. The summed E-state index contributed by atoms with van der Waals surface area (Å²) in [7, 11) is -3.00. The van der Waals surface area contributed by atoms with Gasteiger partial charge < -0.3 is 14.0 Å². The van der Waals surface area contributed by atoms with Crippen LogP contribution in [0.1, 0.15) is 44.0 Å². The van der Waals surface area contributed by atoms with Gasteiger partial charge in [-0.05, 0) is 43.5 Å². The number of benzene rings is 1. The Morgan fingerprint density at radius 2 is 2.08 bits per heavy atom. The van der Waals surface area contributed by atoms with Crippen LogP contribution in [0.5, 0.6) is 5.75 Å². The van der Waals surface area contributed by atoms with Crippen LogP contribution in [0.25, 0.3) is 10.4 Å². The van der Waals surface area contributed by atoms with Crippen molar-refractivity contribution in [1.29, 1.82) is 0 Å². The number of carbonyl (C=O) groups is 1. The number of ether oxygens (including phenoxy) is 2. The number of aryl methyl sites for hydroxylation is 2. The molecule has 0 spiro atoms. The van der Waals surface area contributed by atoms with Crippen LogP contribution in [0.2, 0.25) is 0 Å². The van der Waals surface area contributed by atoms with Gasteiger partial charge in [0.1, 0.15) is 18.0 Å². The first-order valence-electron chi connectivity index (χ1n) is 12.0. The second kappa shape index (κ2) is 12.9. The molecule has 0 radical (unpaired) electrons. The van der Waals surface area contributed by atoms with E-state index in [1.54, 1.807) is 12.1 Å². The van der Waals surface area contributed by atoms with E-state index in [0.717, 1.165) is 18.4 Å². The molecule has 1 saturated heterocycles. The lowest BCUT2D eigenvalue weighted by Gasteiger charge is -2.24. The molecule has 2 unspecified atom stereocenters. The highest BCUT2D eigenvalue weighted by Gasteiger charge is 2.40. The molecule has 3 rings (SSSR count). The lowest BCUT2D eigenvalue weighted by Crippen LogP contribution is -2.36. The topological polar surface area (TPSA) is 187 Å². The number of hydrogen-bond donors (Lipinski definition) is 2. The second-order valence-corrected chi connectivity index (χ2v) is 10.5. The summed E-state index contributed by atoms with van der Waals surface area (Å²) in [6.07, 6.45) is 1.46. The zero-order valence-corrected chi connectivity index (χ0v) is 22.4. The Morgan fingerprint density at radius 3 is 2.71 bits per heavy atom. The van der Waals surface area contributed by atoms with Gasteiger partial charge in [0.05, 0.1) is 25.9 Å². The maximum Gasteiger partial charge on any atom is 0.459 e. The van der Waals surface area contributed by atoms with Crippen molar-refractivity contribution in [3.63, 3.8) is 0 Å². The van der Waals surface area contributed by atoms with Gasteiger partial charge >= 0.3 is 19.4 Å². The van der Waals surface area contributed by atoms with E-state index in [2.05, 4.69) is 27.0 Å². The molecule has 38 heavy (non-hydrogen) atoms. The lowest BCUT2D eigenvalue weighted by molar-refractivity contribution is -0.142. The Kier molecular flexibility index (Phi) is 9.90. The van der Waals surface area contributed by atoms with Gasteiger partial charge in [-0.1, -0.05) is 30.6 Å². The molecule has 206 valence electrons. The summed E-state index contributed by atoms with van der Waals surface area (Å²) in [5.41, 5.74) is 9.17. The van der Waals surface area contributed by atoms with Crippen LogP contribution in [0.15, 0.2) is 45.2 Å². The van der Waals surface area contributed by atoms with Gasteiger partial charge in [-0.2, -0.15) is 5.09 Å². The van der Waals surface area contributed by atoms with Crippen LogP contribution in [0.3, 0.4) is 0 Å². The molecule has 1 aromatic heterocycles. The zero-order chi connectivity index (χ0) is 27.9. The first-order chi connectivity index (χ1) is 18.1. The molecule has 1 aliphatic rings. The monoisotopic (exact) mass is 550 g/mol. The quantitative estimate of drug-likeness (QED) is 0.132. The number of carbonyl (C=O) groups excluding carboxylic acids is 1. The minimum absolute atomic E-state index is 0.0967. The number of nitrogens with one attached hydrogen (secondary N) is 2. The van der Waals surface area contributed by atoms with Crippen LogP contribution in [0, 0.1) is 6.92 Å². The summed E-state index contributed by atoms with van der Waals surface area (Å²) in [4.78, 5) is 41.1. The van der Waals surface area contributed by atoms with E-state index in [1.165, 1.54) is 31.7 Å². The van der Waals surface area contributed by atoms with Crippen molar-refractivity contribution in [2.75, 3.05) is 13.7 Å². The number of azide groups is 1. The maximum absolute atomic E-state index is 13.7. The molecule has 0 saturated carbocycles. The van der Waals surface area contributed by atoms with Crippen molar-refractivity contribution in [2.24, 2.45) is 5.11 Å². The van der Waals surface area contributed by atoms with Crippen molar-refractivity contribution in [3.05, 3.63) is 72.9 Å². The van der Waals surface area contributed by atoms with Crippen LogP contribution < -0.4 is 20.9 Å². The number of H-pyrrole nitrogens is 1. The molecule has 0 bridgehead atoms. The number of aromatic amines is 1. The predicted molar refractivity (Wildman–Crippen MR) is 137 cm³/mol. The van der Waals surface area contributed by atoms with Crippen molar-refractivity contribution < 1.29 is 27.9 Å². The third-order valence-electron chi connectivity index (χ3n) is 5.86. The van der Waals surface area contributed by atoms with Crippen LogP contribution in [-0.4, -0.2) is 47.4 Å². The molecule has 0 amide bonds. The van der Waals surface area contributed by atoms with Gasteiger partial charge in [0.15, 0.2) is 0 Å². The number of rotatable bonds is 12. The Morgan fingerprint density at radius 1 is 1.37 bits per heavy atom. The first kappa shape index (κ1) is 29.2. The standard InChI is InChI=1S/C23H31N6O8P/c1-5-6-16-7-9-17(10-8-16)37-38(33,27-15(3)22(31)34-4)35-13-19-18(26-28-24)11-20(36-19)29-12-14(2)21(30)25-23(29)32/h7-10,12,15,18-20H,5-6,11,13H2,1-4H3,(H,27,33)(H,25,30,32)/t15?,18-,19+,20+,38?/m0/s1. The van der Waals surface area contributed by atoms with E-state index in [9.17, 15) is 18.9 Å². The molecule has 14 nitrogen and oxygen atoms in total. The maximum atomic E-state index is 13.7. The summed E-state index contributed by atoms with van der Waals surface area (Å²) in [6.45, 7) is 4.65. The van der Waals surface area contributed by atoms with E-state index in [4.69, 9.17) is 24.1 Å². The smallest absolute Gasteiger partial charge is 0.459 e. The van der Waals surface area contributed by atoms with E-state index >= 15 is 0 Å². The number of methoxy groups -OCH3 is 1.